The molecule has 2 heterocycles. The number of benzene rings is 1. The van der Waals surface area contributed by atoms with E-state index in [0.29, 0.717) is 22.6 Å². The molecule has 7 heteroatoms. The molecule has 152 valence electrons. The monoisotopic (exact) mass is 395 g/mol. The van der Waals surface area contributed by atoms with Gasteiger partial charge < -0.3 is 9.73 Å². The van der Waals surface area contributed by atoms with E-state index in [1.54, 1.807) is 36.4 Å². The van der Waals surface area contributed by atoms with Gasteiger partial charge in [0.05, 0.1) is 23.7 Å². The number of aromatic nitrogens is 2. The molecule has 1 N–H and O–H groups in total. The van der Waals surface area contributed by atoms with Crippen molar-refractivity contribution >= 4 is 16.8 Å². The molecule has 0 aliphatic heterocycles. The fourth-order valence-corrected chi connectivity index (χ4v) is 4.04. The molecule has 1 saturated carbocycles. The second-order valence-electron chi connectivity index (χ2n) is 7.88. The molecule has 0 spiro atoms. The highest BCUT2D eigenvalue weighted by molar-refractivity contribution is 5.81. The van der Waals surface area contributed by atoms with E-state index < -0.39 is 5.69 Å². The molecule has 2 aromatic heterocycles. The first-order valence-corrected chi connectivity index (χ1v) is 10.1. The second-order valence-corrected chi connectivity index (χ2v) is 7.88. The first kappa shape index (κ1) is 19.2. The lowest BCUT2D eigenvalue weighted by molar-refractivity contribution is -0.122. The first-order chi connectivity index (χ1) is 14.0. The van der Waals surface area contributed by atoms with Gasteiger partial charge in [0, 0.05) is 6.04 Å². The minimum Gasteiger partial charge on any atom is -0.467 e. The van der Waals surface area contributed by atoms with Gasteiger partial charge in [0.25, 0.3) is 5.56 Å². The van der Waals surface area contributed by atoms with Gasteiger partial charge in [-0.2, -0.15) is 0 Å². The van der Waals surface area contributed by atoms with E-state index in [1.165, 1.54) is 10.8 Å². The van der Waals surface area contributed by atoms with Crippen LogP contribution in [0.1, 0.15) is 38.4 Å². The smallest absolute Gasteiger partial charge is 0.332 e. The molecule has 29 heavy (non-hydrogen) atoms. The lowest BCUT2D eigenvalue weighted by Crippen LogP contribution is -2.44. The van der Waals surface area contributed by atoms with E-state index in [4.69, 9.17) is 4.42 Å². The van der Waals surface area contributed by atoms with Crippen LogP contribution in [0.5, 0.6) is 0 Å². The molecule has 0 bridgehead atoms. The molecular weight excluding hydrogens is 370 g/mol. The Morgan fingerprint density at radius 2 is 1.83 bits per heavy atom. The van der Waals surface area contributed by atoms with Gasteiger partial charge in [-0.15, -0.1) is 0 Å². The van der Waals surface area contributed by atoms with Gasteiger partial charge >= 0.3 is 5.69 Å². The number of fused-ring (bicyclic) bond motifs is 1. The summed E-state index contributed by atoms with van der Waals surface area (Å²) in [6.07, 6.45) is 5.61. The molecule has 1 aliphatic carbocycles. The fraction of sp³-hybridized carbons (Fsp3) is 0.409. The summed E-state index contributed by atoms with van der Waals surface area (Å²) in [5.74, 6) is 0.992. The Kier molecular flexibility index (Phi) is 5.38. The van der Waals surface area contributed by atoms with Crippen molar-refractivity contribution in [3.05, 3.63) is 69.3 Å². The number of amides is 1. The summed E-state index contributed by atoms with van der Waals surface area (Å²) < 4.78 is 7.80. The maximum Gasteiger partial charge on any atom is 0.332 e. The van der Waals surface area contributed by atoms with E-state index in [9.17, 15) is 14.4 Å². The van der Waals surface area contributed by atoms with E-state index in [0.717, 1.165) is 30.3 Å². The minimum atomic E-state index is -0.516. The molecule has 7 nitrogen and oxygen atoms in total. The molecule has 1 fully saturated rings. The maximum atomic E-state index is 13.1. The van der Waals surface area contributed by atoms with Crippen molar-refractivity contribution in [2.75, 3.05) is 0 Å². The van der Waals surface area contributed by atoms with E-state index >= 15 is 0 Å². The Morgan fingerprint density at radius 3 is 2.55 bits per heavy atom. The van der Waals surface area contributed by atoms with Gasteiger partial charge in [0.15, 0.2) is 0 Å². The molecular formula is C22H25N3O4. The Hall–Kier alpha value is -3.09. The van der Waals surface area contributed by atoms with E-state index in [-0.39, 0.29) is 30.6 Å². The van der Waals surface area contributed by atoms with Crippen molar-refractivity contribution in [1.29, 1.82) is 0 Å². The summed E-state index contributed by atoms with van der Waals surface area (Å²) in [6.45, 7) is 2.13. The Bertz CT molecular complexity index is 1120. The zero-order valence-corrected chi connectivity index (χ0v) is 16.5. The number of hydrogen-bond acceptors (Lipinski definition) is 4. The summed E-state index contributed by atoms with van der Waals surface area (Å²) >= 11 is 0. The number of hydrogen-bond donors (Lipinski definition) is 1. The van der Waals surface area contributed by atoms with Crippen LogP contribution in [-0.4, -0.2) is 21.1 Å². The number of nitrogens with zero attached hydrogens (tertiary/aromatic N) is 2. The average molecular weight is 395 g/mol. The van der Waals surface area contributed by atoms with Crippen LogP contribution in [0.2, 0.25) is 0 Å². The number of para-hydroxylation sites is 1. The first-order valence-electron chi connectivity index (χ1n) is 10.1. The summed E-state index contributed by atoms with van der Waals surface area (Å²) in [7, 11) is 0. The van der Waals surface area contributed by atoms with Crippen LogP contribution in [0.3, 0.4) is 0 Å². The predicted octanol–water partition coefficient (Wildman–Crippen LogP) is 2.50. The zero-order chi connectivity index (χ0) is 20.4. The van der Waals surface area contributed by atoms with E-state index in [1.807, 2.05) is 0 Å². The summed E-state index contributed by atoms with van der Waals surface area (Å²) in [6, 6.07) is 10.4. The number of carbonyl (C=O) groups is 1. The highest BCUT2D eigenvalue weighted by atomic mass is 16.3. The second kappa shape index (κ2) is 8.11. The van der Waals surface area contributed by atoms with E-state index in [2.05, 4.69) is 12.2 Å². The third kappa shape index (κ3) is 4.04. The lowest BCUT2D eigenvalue weighted by Gasteiger charge is -2.27. The van der Waals surface area contributed by atoms with Crippen molar-refractivity contribution in [3.63, 3.8) is 0 Å². The van der Waals surface area contributed by atoms with Crippen LogP contribution in [0.25, 0.3) is 10.9 Å². The highest BCUT2D eigenvalue weighted by Gasteiger charge is 2.21. The van der Waals surface area contributed by atoms with Crippen LogP contribution >= 0.6 is 0 Å². The standard InChI is InChI=1S/C22H25N3O4/c1-15-8-10-16(11-9-15)23-20(26)14-24-19-7-3-2-6-18(19)21(27)25(22(24)28)13-17-5-4-12-29-17/h2-7,12,15-16H,8-11,13-14H2,1H3,(H,23,26). The largest absolute Gasteiger partial charge is 0.467 e. The molecule has 0 radical (unpaired) electrons. The SMILES string of the molecule is CC1CCC(NC(=O)Cn2c(=O)n(Cc3ccco3)c(=O)c3ccccc32)CC1. The molecule has 1 aromatic carbocycles. The number of nitrogens with one attached hydrogen (secondary N) is 1. The number of rotatable bonds is 5. The average Bonchev–Trinajstić information content (AvgIpc) is 3.23. The van der Waals surface area contributed by atoms with Gasteiger partial charge in [-0.3, -0.25) is 18.7 Å². The summed E-state index contributed by atoms with van der Waals surface area (Å²) in [4.78, 5) is 38.7. The third-order valence-electron chi connectivity index (χ3n) is 5.71. The van der Waals surface area contributed by atoms with Crippen LogP contribution in [0, 0.1) is 5.92 Å². The van der Waals surface area contributed by atoms with Crippen LogP contribution in [0.4, 0.5) is 0 Å². The molecule has 0 unspecified atom stereocenters. The molecule has 0 atom stereocenters. The maximum absolute atomic E-state index is 13.1. The fourth-order valence-electron chi connectivity index (χ4n) is 4.04. The van der Waals surface area contributed by atoms with Gasteiger partial charge in [-0.25, -0.2) is 4.79 Å². The molecule has 0 saturated heterocycles. The van der Waals surface area contributed by atoms with Crippen molar-refractivity contribution in [3.8, 4) is 0 Å². The predicted molar refractivity (Wildman–Crippen MR) is 110 cm³/mol. The third-order valence-corrected chi connectivity index (χ3v) is 5.71. The van der Waals surface area contributed by atoms with Gasteiger partial charge in [-0.1, -0.05) is 19.1 Å². The highest BCUT2D eigenvalue weighted by Crippen LogP contribution is 2.23. The lowest BCUT2D eigenvalue weighted by atomic mass is 9.87. The molecule has 1 aliphatic rings. The Labute approximate surface area is 168 Å². The zero-order valence-electron chi connectivity index (χ0n) is 16.5. The summed E-state index contributed by atoms with van der Waals surface area (Å²) in [5.41, 5.74) is -0.442. The van der Waals surface area contributed by atoms with Crippen LogP contribution in [0.15, 0.2) is 56.7 Å². The van der Waals surface area contributed by atoms with Crippen LogP contribution < -0.4 is 16.6 Å². The number of carbonyl (C=O) groups excluding carboxylic acids is 1. The molecule has 1 amide bonds. The van der Waals surface area contributed by atoms with Crippen molar-refractivity contribution in [2.45, 2.75) is 51.7 Å². The molecule has 4 rings (SSSR count). The van der Waals surface area contributed by atoms with Gasteiger partial charge in [0.2, 0.25) is 5.91 Å². The molecule has 3 aromatic rings. The van der Waals surface area contributed by atoms with Crippen molar-refractivity contribution in [1.82, 2.24) is 14.5 Å². The quantitative estimate of drug-likeness (QED) is 0.719. The van der Waals surface area contributed by atoms with Crippen molar-refractivity contribution < 1.29 is 9.21 Å². The topological polar surface area (TPSA) is 86.2 Å². The number of furan rings is 1. The van der Waals surface area contributed by atoms with Gasteiger partial charge in [-0.05, 0) is 55.9 Å². The minimum absolute atomic E-state index is 0.0254. The van der Waals surface area contributed by atoms with Gasteiger partial charge in [0.1, 0.15) is 12.3 Å². The Balaban J connectivity index is 1.66. The normalized spacial score (nSPS) is 19.3. The Morgan fingerprint density at radius 1 is 1.07 bits per heavy atom. The van der Waals surface area contributed by atoms with Crippen molar-refractivity contribution in [2.24, 2.45) is 5.92 Å². The van der Waals surface area contributed by atoms with Crippen LogP contribution in [-0.2, 0) is 17.9 Å². The summed E-state index contributed by atoms with van der Waals surface area (Å²) in [5, 5.41) is 3.46.